The minimum atomic E-state index is 0.502. The highest BCUT2D eigenvalue weighted by atomic mass is 16.5. The fourth-order valence-corrected chi connectivity index (χ4v) is 3.41. The van der Waals surface area contributed by atoms with Crippen molar-refractivity contribution in [2.75, 3.05) is 17.7 Å². The molecule has 0 radical (unpaired) electrons. The Hall–Kier alpha value is -1.52. The lowest BCUT2D eigenvalue weighted by Crippen LogP contribution is -2.27. The molecule has 5 nitrogen and oxygen atoms in total. The van der Waals surface area contributed by atoms with Gasteiger partial charge in [-0.3, -0.25) is 0 Å². The Morgan fingerprint density at radius 3 is 2.95 bits per heavy atom. The quantitative estimate of drug-likeness (QED) is 0.852. The summed E-state index contributed by atoms with van der Waals surface area (Å²) in [6.07, 6.45) is 7.82. The van der Waals surface area contributed by atoms with Gasteiger partial charge in [0.15, 0.2) is 5.82 Å². The zero-order valence-electron chi connectivity index (χ0n) is 11.4. The van der Waals surface area contributed by atoms with Gasteiger partial charge in [0.1, 0.15) is 12.0 Å². The van der Waals surface area contributed by atoms with Crippen molar-refractivity contribution in [3.8, 4) is 5.88 Å². The molecule has 2 aliphatic rings. The van der Waals surface area contributed by atoms with E-state index in [0.717, 1.165) is 24.1 Å². The average Bonchev–Trinajstić information content (AvgIpc) is 3.02. The molecular formula is C14H22N4O. The van der Waals surface area contributed by atoms with Gasteiger partial charge in [-0.15, -0.1) is 0 Å². The van der Waals surface area contributed by atoms with Crippen LogP contribution in [0.25, 0.3) is 0 Å². The van der Waals surface area contributed by atoms with E-state index in [0.29, 0.717) is 24.2 Å². The number of fused-ring (bicyclic) bond motifs is 2. The van der Waals surface area contributed by atoms with Gasteiger partial charge in [-0.2, -0.15) is 4.98 Å². The fourth-order valence-electron chi connectivity index (χ4n) is 3.41. The maximum absolute atomic E-state index is 6.09. The Kier molecular flexibility index (Phi) is 3.44. The summed E-state index contributed by atoms with van der Waals surface area (Å²) in [6.45, 7) is 2.70. The van der Waals surface area contributed by atoms with Crippen molar-refractivity contribution in [3.63, 3.8) is 0 Å². The minimum absolute atomic E-state index is 0.502. The molecule has 2 saturated carbocycles. The van der Waals surface area contributed by atoms with Crippen molar-refractivity contribution in [1.29, 1.82) is 0 Å². The van der Waals surface area contributed by atoms with Gasteiger partial charge in [0.25, 0.3) is 0 Å². The molecule has 0 aromatic carbocycles. The smallest absolute Gasteiger partial charge is 0.242 e. The summed E-state index contributed by atoms with van der Waals surface area (Å²) in [5, 5.41) is 3.50. The highest BCUT2D eigenvalue weighted by Gasteiger charge is 2.39. The van der Waals surface area contributed by atoms with E-state index in [1.165, 1.54) is 32.0 Å². The number of nitrogens with two attached hydrogens (primary N) is 1. The van der Waals surface area contributed by atoms with Gasteiger partial charge < -0.3 is 15.8 Å². The molecule has 0 saturated heterocycles. The number of anilines is 2. The number of nitrogen functional groups attached to an aromatic ring is 1. The third-order valence-corrected chi connectivity index (χ3v) is 4.35. The summed E-state index contributed by atoms with van der Waals surface area (Å²) in [5.41, 5.74) is 6.63. The molecule has 1 aromatic rings. The predicted octanol–water partition coefficient (Wildman–Crippen LogP) is 2.45. The summed E-state index contributed by atoms with van der Waals surface area (Å²) in [7, 11) is 0. The lowest BCUT2D eigenvalue weighted by molar-refractivity contribution is 0.306. The van der Waals surface area contributed by atoms with E-state index >= 15 is 0 Å². The van der Waals surface area contributed by atoms with Crippen LogP contribution in [-0.4, -0.2) is 22.6 Å². The fraction of sp³-hybridized carbons (Fsp3) is 0.714. The second-order valence-corrected chi connectivity index (χ2v) is 5.72. The van der Waals surface area contributed by atoms with Crippen LogP contribution < -0.4 is 15.8 Å². The van der Waals surface area contributed by atoms with Crippen LogP contribution in [-0.2, 0) is 0 Å². The first-order valence-corrected chi connectivity index (χ1v) is 7.27. The van der Waals surface area contributed by atoms with Crippen LogP contribution >= 0.6 is 0 Å². The van der Waals surface area contributed by atoms with Gasteiger partial charge in [-0.05, 0) is 37.5 Å². The predicted molar refractivity (Wildman–Crippen MR) is 75.1 cm³/mol. The van der Waals surface area contributed by atoms with Gasteiger partial charge in [-0.25, -0.2) is 4.98 Å². The largest absolute Gasteiger partial charge is 0.476 e. The van der Waals surface area contributed by atoms with Crippen molar-refractivity contribution < 1.29 is 4.74 Å². The Morgan fingerprint density at radius 1 is 1.37 bits per heavy atom. The summed E-state index contributed by atoms with van der Waals surface area (Å²) < 4.78 is 5.54. The Morgan fingerprint density at radius 2 is 2.26 bits per heavy atom. The van der Waals surface area contributed by atoms with Crippen LogP contribution in [0.4, 0.5) is 11.5 Å². The number of rotatable bonds is 5. The monoisotopic (exact) mass is 262 g/mol. The normalized spacial score (nSPS) is 28.6. The number of aromatic nitrogens is 2. The van der Waals surface area contributed by atoms with Crippen molar-refractivity contribution in [3.05, 3.63) is 6.33 Å². The molecule has 3 unspecified atom stereocenters. The molecule has 3 rings (SSSR count). The maximum atomic E-state index is 6.09. The van der Waals surface area contributed by atoms with Crippen molar-refractivity contribution in [1.82, 2.24) is 9.97 Å². The van der Waals surface area contributed by atoms with Gasteiger partial charge in [0.05, 0.1) is 6.61 Å². The van der Waals surface area contributed by atoms with E-state index in [4.69, 9.17) is 10.5 Å². The lowest BCUT2D eigenvalue weighted by atomic mass is 9.95. The second-order valence-electron chi connectivity index (χ2n) is 5.72. The molecule has 19 heavy (non-hydrogen) atoms. The molecule has 0 spiro atoms. The number of hydrogen-bond donors (Lipinski definition) is 2. The van der Waals surface area contributed by atoms with Crippen LogP contribution in [0, 0.1) is 11.8 Å². The van der Waals surface area contributed by atoms with Crippen LogP contribution in [0.2, 0.25) is 0 Å². The number of nitrogens with one attached hydrogen (secondary N) is 1. The second kappa shape index (κ2) is 5.23. The van der Waals surface area contributed by atoms with Crippen LogP contribution in [0.15, 0.2) is 6.33 Å². The number of hydrogen-bond acceptors (Lipinski definition) is 5. The molecule has 2 fully saturated rings. The van der Waals surface area contributed by atoms with Crippen molar-refractivity contribution >= 4 is 11.5 Å². The van der Waals surface area contributed by atoms with Crippen LogP contribution in [0.1, 0.15) is 39.0 Å². The Labute approximate surface area is 114 Å². The summed E-state index contributed by atoms with van der Waals surface area (Å²) in [4.78, 5) is 8.37. The molecule has 104 valence electrons. The van der Waals surface area contributed by atoms with E-state index in [2.05, 4.69) is 22.2 Å². The molecule has 0 amide bonds. The summed E-state index contributed by atoms with van der Waals surface area (Å²) >= 11 is 0. The SMILES string of the molecule is CCCOc1ncnc(NC2CC3CCC2C3)c1N. The van der Waals surface area contributed by atoms with Crippen molar-refractivity contribution in [2.24, 2.45) is 11.8 Å². The third-order valence-electron chi connectivity index (χ3n) is 4.35. The van der Waals surface area contributed by atoms with Gasteiger partial charge in [0, 0.05) is 6.04 Å². The van der Waals surface area contributed by atoms with E-state index in [9.17, 15) is 0 Å². The maximum Gasteiger partial charge on any atom is 0.242 e. The average molecular weight is 262 g/mol. The van der Waals surface area contributed by atoms with Gasteiger partial charge >= 0.3 is 0 Å². The number of ether oxygens (including phenoxy) is 1. The summed E-state index contributed by atoms with van der Waals surface area (Å²) in [6, 6.07) is 0.523. The molecule has 0 aliphatic heterocycles. The Balaban J connectivity index is 1.70. The van der Waals surface area contributed by atoms with E-state index in [-0.39, 0.29) is 0 Å². The molecule has 1 heterocycles. The van der Waals surface area contributed by atoms with Crippen molar-refractivity contribution in [2.45, 2.75) is 45.1 Å². The molecule has 2 bridgehead atoms. The van der Waals surface area contributed by atoms with Crippen LogP contribution in [0.3, 0.4) is 0 Å². The molecule has 1 aromatic heterocycles. The van der Waals surface area contributed by atoms with Gasteiger partial charge in [-0.1, -0.05) is 13.3 Å². The third kappa shape index (κ3) is 2.46. The van der Waals surface area contributed by atoms with Gasteiger partial charge in [0.2, 0.25) is 5.88 Å². The highest BCUT2D eigenvalue weighted by Crippen LogP contribution is 2.45. The highest BCUT2D eigenvalue weighted by molar-refractivity contribution is 5.66. The summed E-state index contributed by atoms with van der Waals surface area (Å²) in [5.74, 6) is 2.93. The first kappa shape index (κ1) is 12.5. The molecular weight excluding hydrogens is 240 g/mol. The molecule has 3 N–H and O–H groups in total. The van der Waals surface area contributed by atoms with Crippen LogP contribution in [0.5, 0.6) is 5.88 Å². The standard InChI is InChI=1S/C14H22N4O/c1-2-5-19-14-12(15)13(16-8-17-14)18-11-7-9-3-4-10(11)6-9/h8-11H,2-7,15H2,1H3,(H,16,17,18). The van der Waals surface area contributed by atoms with E-state index < -0.39 is 0 Å². The zero-order valence-corrected chi connectivity index (χ0v) is 11.4. The zero-order chi connectivity index (χ0) is 13.2. The molecule has 3 atom stereocenters. The topological polar surface area (TPSA) is 73.1 Å². The molecule has 5 heteroatoms. The van der Waals surface area contributed by atoms with E-state index in [1.807, 2.05) is 0 Å². The lowest BCUT2D eigenvalue weighted by Gasteiger charge is -2.24. The first-order chi connectivity index (χ1) is 9.28. The minimum Gasteiger partial charge on any atom is -0.476 e. The van der Waals surface area contributed by atoms with E-state index in [1.54, 1.807) is 0 Å². The Bertz CT molecular complexity index is 451. The number of nitrogens with zero attached hydrogens (tertiary/aromatic N) is 2. The first-order valence-electron chi connectivity index (χ1n) is 7.27. The molecule has 2 aliphatic carbocycles.